The van der Waals surface area contributed by atoms with Crippen LogP contribution in [0.5, 0.6) is 0 Å². The van der Waals surface area contributed by atoms with Gasteiger partial charge in [-0.15, -0.1) is 11.3 Å². The van der Waals surface area contributed by atoms with Gasteiger partial charge >= 0.3 is 5.97 Å². The maximum absolute atomic E-state index is 12.7. The van der Waals surface area contributed by atoms with E-state index in [0.29, 0.717) is 29.5 Å². The van der Waals surface area contributed by atoms with Crippen molar-refractivity contribution in [2.75, 3.05) is 6.61 Å². The molecule has 0 bridgehead atoms. The summed E-state index contributed by atoms with van der Waals surface area (Å²) in [5.74, 6) is 0.423. The molecule has 1 aliphatic heterocycles. The molecule has 0 saturated heterocycles. The molecule has 7 heteroatoms. The van der Waals surface area contributed by atoms with Gasteiger partial charge in [-0.1, -0.05) is 6.42 Å². The van der Waals surface area contributed by atoms with E-state index in [0.717, 1.165) is 48.6 Å². The van der Waals surface area contributed by atoms with Crippen molar-refractivity contribution in [1.29, 1.82) is 0 Å². The van der Waals surface area contributed by atoms with Crippen molar-refractivity contribution in [3.8, 4) is 0 Å². The van der Waals surface area contributed by atoms with Crippen LogP contribution in [-0.2, 0) is 24.1 Å². The number of thiazole rings is 1. The van der Waals surface area contributed by atoms with Crippen LogP contribution in [0.4, 0.5) is 0 Å². The van der Waals surface area contributed by atoms with Crippen LogP contribution in [0.1, 0.15) is 46.0 Å². The van der Waals surface area contributed by atoms with Gasteiger partial charge in [-0.2, -0.15) is 0 Å². The topological polar surface area (TPSA) is 74.1 Å². The zero-order valence-corrected chi connectivity index (χ0v) is 16.1. The summed E-state index contributed by atoms with van der Waals surface area (Å²) in [7, 11) is 0. The average molecular weight is 383 g/mol. The van der Waals surface area contributed by atoms with E-state index in [4.69, 9.17) is 4.74 Å². The maximum Gasteiger partial charge on any atom is 0.338 e. The second kappa shape index (κ2) is 7.60. The average Bonchev–Trinajstić information content (AvgIpc) is 2.93. The van der Waals surface area contributed by atoms with Crippen molar-refractivity contribution in [2.45, 2.75) is 45.6 Å². The fraction of sp³-hybridized carbons (Fsp3) is 0.400. The molecule has 0 fully saturated rings. The lowest BCUT2D eigenvalue weighted by atomic mass is 10.1. The zero-order valence-electron chi connectivity index (χ0n) is 15.2. The summed E-state index contributed by atoms with van der Waals surface area (Å²) in [4.78, 5) is 35.1. The lowest BCUT2D eigenvalue weighted by molar-refractivity contribution is 0.0510. The molecule has 0 N–H and O–H groups in total. The van der Waals surface area contributed by atoms with E-state index in [2.05, 4.69) is 9.97 Å². The number of fused-ring (bicyclic) bond motifs is 2. The van der Waals surface area contributed by atoms with Crippen molar-refractivity contribution in [1.82, 2.24) is 14.5 Å². The molecule has 1 aromatic carbocycles. The summed E-state index contributed by atoms with van der Waals surface area (Å²) in [5.41, 5.74) is 3.75. The van der Waals surface area contributed by atoms with Crippen molar-refractivity contribution in [2.24, 2.45) is 0 Å². The largest absolute Gasteiger partial charge is 0.462 e. The molecule has 140 valence electrons. The highest BCUT2D eigenvalue weighted by Crippen LogP contribution is 2.17. The number of hydrogen-bond acceptors (Lipinski definition) is 6. The highest BCUT2D eigenvalue weighted by Gasteiger charge is 2.16. The van der Waals surface area contributed by atoms with Gasteiger partial charge in [0.1, 0.15) is 5.82 Å². The van der Waals surface area contributed by atoms with Gasteiger partial charge < -0.3 is 4.74 Å². The molecular formula is C20H21N3O3S. The van der Waals surface area contributed by atoms with Gasteiger partial charge in [0.25, 0.3) is 5.56 Å². The molecular weight excluding hydrogens is 362 g/mol. The predicted molar refractivity (Wildman–Crippen MR) is 104 cm³/mol. The normalized spacial score (nSPS) is 14.0. The molecule has 4 rings (SSSR count). The van der Waals surface area contributed by atoms with E-state index in [1.165, 1.54) is 0 Å². The Hall–Kier alpha value is -2.54. The Morgan fingerprint density at radius 3 is 3.00 bits per heavy atom. The molecule has 0 spiro atoms. The molecule has 0 radical (unpaired) electrons. The Labute approximate surface area is 160 Å². The predicted octanol–water partition coefficient (Wildman–Crippen LogP) is 3.29. The minimum atomic E-state index is -0.393. The van der Waals surface area contributed by atoms with Crippen LogP contribution in [0.25, 0.3) is 10.9 Å². The van der Waals surface area contributed by atoms with E-state index in [1.807, 2.05) is 6.92 Å². The standard InChI is InChI=1S/C20H21N3O3S/c1-13-17(27-12-21-13)8-10-26-20(25)14-6-7-15-16(11-14)22-18-5-3-2-4-9-23(18)19(15)24/h6-7,11-12H,2-5,8-10H2,1H3. The smallest absolute Gasteiger partial charge is 0.338 e. The van der Waals surface area contributed by atoms with Crippen LogP contribution >= 0.6 is 11.3 Å². The van der Waals surface area contributed by atoms with Crippen LogP contribution in [0.15, 0.2) is 28.5 Å². The monoisotopic (exact) mass is 383 g/mol. The Balaban J connectivity index is 1.55. The van der Waals surface area contributed by atoms with Crippen LogP contribution in [0, 0.1) is 6.92 Å². The third-order valence-electron chi connectivity index (χ3n) is 4.96. The van der Waals surface area contributed by atoms with Crippen molar-refractivity contribution < 1.29 is 9.53 Å². The van der Waals surface area contributed by atoms with Crippen LogP contribution in [0.2, 0.25) is 0 Å². The molecule has 0 unspecified atom stereocenters. The Morgan fingerprint density at radius 1 is 1.30 bits per heavy atom. The summed E-state index contributed by atoms with van der Waals surface area (Å²) in [6.07, 6.45) is 4.60. The second-order valence-corrected chi connectivity index (χ2v) is 7.71. The molecule has 3 heterocycles. The first-order chi connectivity index (χ1) is 13.1. The number of esters is 1. The van der Waals surface area contributed by atoms with Gasteiger partial charge in [-0.05, 0) is 38.0 Å². The number of aromatic nitrogens is 3. The minimum absolute atomic E-state index is 0.0162. The molecule has 0 amide bonds. The van der Waals surface area contributed by atoms with Gasteiger partial charge in [-0.3, -0.25) is 9.36 Å². The lowest BCUT2D eigenvalue weighted by Crippen LogP contribution is -2.24. The summed E-state index contributed by atoms with van der Waals surface area (Å²) >= 11 is 1.57. The van der Waals surface area contributed by atoms with Crippen molar-refractivity contribution in [3.05, 3.63) is 56.0 Å². The van der Waals surface area contributed by atoms with Crippen molar-refractivity contribution >= 4 is 28.2 Å². The summed E-state index contributed by atoms with van der Waals surface area (Å²) < 4.78 is 7.18. The fourth-order valence-electron chi connectivity index (χ4n) is 3.43. The quantitative estimate of drug-likeness (QED) is 0.647. The van der Waals surface area contributed by atoms with Gasteiger partial charge in [0.05, 0.1) is 34.3 Å². The van der Waals surface area contributed by atoms with Gasteiger partial charge in [-0.25, -0.2) is 14.8 Å². The second-order valence-electron chi connectivity index (χ2n) is 6.77. The third-order valence-corrected chi connectivity index (χ3v) is 5.95. The molecule has 0 atom stereocenters. The van der Waals surface area contributed by atoms with E-state index < -0.39 is 5.97 Å². The van der Waals surface area contributed by atoms with Crippen molar-refractivity contribution in [3.63, 3.8) is 0 Å². The number of benzene rings is 1. The van der Waals surface area contributed by atoms with Gasteiger partial charge in [0.15, 0.2) is 0 Å². The number of rotatable bonds is 4. The van der Waals surface area contributed by atoms with E-state index in [-0.39, 0.29) is 5.56 Å². The summed E-state index contributed by atoms with van der Waals surface area (Å²) in [5, 5.41) is 0.553. The number of aryl methyl sites for hydroxylation is 2. The third kappa shape index (κ3) is 3.64. The molecule has 6 nitrogen and oxygen atoms in total. The van der Waals surface area contributed by atoms with Crippen LogP contribution in [-0.4, -0.2) is 27.1 Å². The van der Waals surface area contributed by atoms with Gasteiger partial charge in [0.2, 0.25) is 0 Å². The van der Waals surface area contributed by atoms with Crippen LogP contribution in [0.3, 0.4) is 0 Å². The lowest BCUT2D eigenvalue weighted by Gasteiger charge is -2.11. The number of ether oxygens (including phenoxy) is 1. The molecule has 0 aliphatic carbocycles. The fourth-order valence-corrected chi connectivity index (χ4v) is 4.19. The summed E-state index contributed by atoms with van der Waals surface area (Å²) in [6, 6.07) is 5.00. The molecule has 1 aliphatic rings. The van der Waals surface area contributed by atoms with E-state index in [9.17, 15) is 9.59 Å². The van der Waals surface area contributed by atoms with E-state index >= 15 is 0 Å². The molecule has 0 saturated carbocycles. The number of carbonyl (C=O) groups excluding carboxylic acids is 1. The Kier molecular flexibility index (Phi) is 5.03. The molecule has 3 aromatic rings. The number of nitrogens with zero attached hydrogens (tertiary/aromatic N) is 3. The zero-order chi connectivity index (χ0) is 18.8. The van der Waals surface area contributed by atoms with E-state index in [1.54, 1.807) is 39.6 Å². The number of hydrogen-bond donors (Lipinski definition) is 0. The Bertz CT molecular complexity index is 1050. The highest BCUT2D eigenvalue weighted by atomic mass is 32.1. The first-order valence-corrected chi connectivity index (χ1v) is 10.1. The summed E-state index contributed by atoms with van der Waals surface area (Å²) in [6.45, 7) is 2.97. The first kappa shape index (κ1) is 17.9. The Morgan fingerprint density at radius 2 is 2.19 bits per heavy atom. The number of carbonyl (C=O) groups is 1. The molecule has 2 aromatic heterocycles. The van der Waals surface area contributed by atoms with Crippen LogP contribution < -0.4 is 5.56 Å². The SMILES string of the molecule is Cc1ncsc1CCOC(=O)c1ccc2c(=O)n3c(nc2c1)CCCCC3. The maximum atomic E-state index is 12.7. The van der Waals surface area contributed by atoms with Gasteiger partial charge in [0, 0.05) is 24.3 Å². The first-order valence-electron chi connectivity index (χ1n) is 9.23. The minimum Gasteiger partial charge on any atom is -0.462 e. The molecule has 27 heavy (non-hydrogen) atoms. The highest BCUT2D eigenvalue weighted by molar-refractivity contribution is 7.09.